The largest absolute Gasteiger partial charge is 0.493 e. The number of carbonyl (C=O) groups is 1. The molecule has 0 aliphatic carbocycles. The number of hydrogen-bond acceptors (Lipinski definition) is 6. The predicted molar refractivity (Wildman–Crippen MR) is 160 cm³/mol. The number of rotatable bonds is 11. The van der Waals surface area contributed by atoms with Crippen molar-refractivity contribution in [3.05, 3.63) is 124 Å². The molecular formula is C30H28BrN3O5S. The predicted octanol–water partition coefficient (Wildman–Crippen LogP) is 5.77. The molecule has 8 nitrogen and oxygen atoms in total. The monoisotopic (exact) mass is 621 g/mol. The van der Waals surface area contributed by atoms with E-state index in [2.05, 4.69) is 26.5 Å². The molecule has 0 aromatic heterocycles. The molecule has 0 unspecified atom stereocenters. The van der Waals surface area contributed by atoms with E-state index < -0.39 is 15.9 Å². The van der Waals surface area contributed by atoms with Gasteiger partial charge in [-0.2, -0.15) is 5.10 Å². The molecule has 1 amide bonds. The maximum atomic E-state index is 12.7. The second kappa shape index (κ2) is 13.3. The van der Waals surface area contributed by atoms with Crippen LogP contribution >= 0.6 is 15.9 Å². The number of amides is 1. The summed E-state index contributed by atoms with van der Waals surface area (Å²) in [5.74, 6) is 0.633. The minimum atomic E-state index is -3.54. The summed E-state index contributed by atoms with van der Waals surface area (Å²) in [5, 5.41) is 4.06. The summed E-state index contributed by atoms with van der Waals surface area (Å²) in [4.78, 5) is 12.7. The maximum absolute atomic E-state index is 12.7. The van der Waals surface area contributed by atoms with E-state index in [4.69, 9.17) is 9.47 Å². The molecule has 0 aliphatic heterocycles. The minimum Gasteiger partial charge on any atom is -0.493 e. The minimum absolute atomic E-state index is 0.185. The zero-order valence-electron chi connectivity index (χ0n) is 22.0. The van der Waals surface area contributed by atoms with Gasteiger partial charge in [0.15, 0.2) is 11.5 Å². The number of hydrogen-bond donors (Lipinski definition) is 1. The van der Waals surface area contributed by atoms with E-state index in [1.807, 2.05) is 60.7 Å². The molecule has 40 heavy (non-hydrogen) atoms. The van der Waals surface area contributed by atoms with Gasteiger partial charge in [0.25, 0.3) is 5.91 Å². The first-order valence-corrected chi connectivity index (χ1v) is 14.9. The Kier molecular flexibility index (Phi) is 9.57. The van der Waals surface area contributed by atoms with Gasteiger partial charge in [-0.15, -0.1) is 0 Å². The van der Waals surface area contributed by atoms with Gasteiger partial charge in [0, 0.05) is 5.56 Å². The number of methoxy groups -OCH3 is 1. The second-order valence-electron chi connectivity index (χ2n) is 8.81. The Hall–Kier alpha value is -4.15. The first-order valence-electron chi connectivity index (χ1n) is 12.2. The molecule has 4 aromatic carbocycles. The van der Waals surface area contributed by atoms with E-state index in [1.165, 1.54) is 10.5 Å². The fraction of sp³-hybridized carbons (Fsp3) is 0.133. The van der Waals surface area contributed by atoms with Crippen LogP contribution in [0.4, 0.5) is 5.69 Å². The molecule has 4 aromatic rings. The summed E-state index contributed by atoms with van der Waals surface area (Å²) >= 11 is 3.52. The lowest BCUT2D eigenvalue weighted by molar-refractivity contribution is 0.0955. The highest BCUT2D eigenvalue weighted by molar-refractivity contribution is 9.10. The quantitative estimate of drug-likeness (QED) is 0.169. The molecule has 0 saturated heterocycles. The molecule has 10 heteroatoms. The maximum Gasteiger partial charge on any atom is 0.271 e. The number of hydrazone groups is 1. The fourth-order valence-corrected chi connectivity index (χ4v) is 5.30. The molecule has 0 radical (unpaired) electrons. The van der Waals surface area contributed by atoms with Gasteiger partial charge in [-0.05, 0) is 69.0 Å². The Bertz CT molecular complexity index is 1580. The zero-order valence-corrected chi connectivity index (χ0v) is 24.4. The molecular weight excluding hydrogens is 594 g/mol. The summed E-state index contributed by atoms with van der Waals surface area (Å²) in [6.07, 6.45) is 2.65. The van der Waals surface area contributed by atoms with E-state index in [9.17, 15) is 13.2 Å². The van der Waals surface area contributed by atoms with Crippen molar-refractivity contribution in [2.75, 3.05) is 17.7 Å². The molecule has 0 fully saturated rings. The molecule has 0 heterocycles. The molecule has 0 aliphatic rings. The lowest BCUT2D eigenvalue weighted by atomic mass is 10.2. The van der Waals surface area contributed by atoms with Crippen molar-refractivity contribution in [2.24, 2.45) is 5.10 Å². The highest BCUT2D eigenvalue weighted by Crippen LogP contribution is 2.36. The van der Waals surface area contributed by atoms with Crippen molar-refractivity contribution < 1.29 is 22.7 Å². The third-order valence-corrected chi connectivity index (χ3v) is 7.57. The first kappa shape index (κ1) is 28.8. The van der Waals surface area contributed by atoms with Gasteiger partial charge in [0.1, 0.15) is 6.61 Å². The third-order valence-electron chi connectivity index (χ3n) is 5.84. The van der Waals surface area contributed by atoms with Crippen LogP contribution in [0.3, 0.4) is 0 Å². The molecule has 206 valence electrons. The summed E-state index contributed by atoms with van der Waals surface area (Å²) in [5.41, 5.74) is 5.84. The van der Waals surface area contributed by atoms with E-state index in [-0.39, 0.29) is 6.54 Å². The van der Waals surface area contributed by atoms with Crippen molar-refractivity contribution in [1.29, 1.82) is 0 Å². The van der Waals surface area contributed by atoms with Crippen LogP contribution in [0.2, 0.25) is 0 Å². The summed E-state index contributed by atoms with van der Waals surface area (Å²) in [7, 11) is -1.99. The number of halogens is 1. The van der Waals surface area contributed by atoms with E-state index in [0.717, 1.165) is 17.4 Å². The van der Waals surface area contributed by atoms with Crippen LogP contribution in [-0.4, -0.2) is 33.9 Å². The Morgan fingerprint density at radius 2 is 1.57 bits per heavy atom. The van der Waals surface area contributed by atoms with Crippen molar-refractivity contribution in [2.45, 2.75) is 13.2 Å². The summed E-state index contributed by atoms with van der Waals surface area (Å²) in [6, 6.07) is 29.0. The highest BCUT2D eigenvalue weighted by atomic mass is 79.9. The number of anilines is 1. The standard InChI is InChI=1S/C30H28BrN3O5S/c1-38-28-18-24(17-27(31)29(28)39-21-23-11-7-4-8-12-23)19-32-33-30(35)25-13-15-26(16-14-25)34(40(2,36)37)20-22-9-5-3-6-10-22/h3-19H,20-21H2,1-2H3,(H,33,35)/b32-19+. The Balaban J connectivity index is 1.41. The van der Waals surface area contributed by atoms with Crippen LogP contribution in [0.15, 0.2) is 107 Å². The average molecular weight is 623 g/mol. The van der Waals surface area contributed by atoms with Crippen LogP contribution in [-0.2, 0) is 23.2 Å². The molecule has 0 bridgehead atoms. The number of ether oxygens (including phenoxy) is 2. The van der Waals surface area contributed by atoms with Gasteiger partial charge >= 0.3 is 0 Å². The van der Waals surface area contributed by atoms with Crippen molar-refractivity contribution in [1.82, 2.24) is 5.43 Å². The number of sulfonamides is 1. The first-order chi connectivity index (χ1) is 19.2. The van der Waals surface area contributed by atoms with Crippen molar-refractivity contribution in [3.8, 4) is 11.5 Å². The lowest BCUT2D eigenvalue weighted by Crippen LogP contribution is -2.29. The van der Waals surface area contributed by atoms with Crippen molar-refractivity contribution >= 4 is 43.8 Å². The molecule has 0 spiro atoms. The number of nitrogens with one attached hydrogen (secondary N) is 1. The van der Waals surface area contributed by atoms with Crippen LogP contribution in [0.5, 0.6) is 11.5 Å². The van der Waals surface area contributed by atoms with Crippen LogP contribution in [0, 0.1) is 0 Å². The van der Waals surface area contributed by atoms with E-state index in [1.54, 1.807) is 43.5 Å². The van der Waals surface area contributed by atoms with E-state index in [0.29, 0.717) is 39.4 Å². The molecule has 0 atom stereocenters. The second-order valence-corrected chi connectivity index (χ2v) is 11.6. The van der Waals surface area contributed by atoms with Gasteiger partial charge < -0.3 is 9.47 Å². The molecule has 1 N–H and O–H groups in total. The fourth-order valence-electron chi connectivity index (χ4n) is 3.84. The molecule has 4 rings (SSSR count). The Morgan fingerprint density at radius 3 is 2.17 bits per heavy atom. The number of nitrogens with zero attached hydrogens (tertiary/aromatic N) is 2. The van der Waals surface area contributed by atoms with Crippen LogP contribution < -0.4 is 19.2 Å². The van der Waals surface area contributed by atoms with Gasteiger partial charge in [0.05, 0.1) is 36.3 Å². The third kappa shape index (κ3) is 7.71. The normalized spacial score (nSPS) is 11.3. The van der Waals surface area contributed by atoms with Gasteiger partial charge in [0.2, 0.25) is 10.0 Å². The van der Waals surface area contributed by atoms with Crippen molar-refractivity contribution in [3.63, 3.8) is 0 Å². The van der Waals surface area contributed by atoms with Crippen LogP contribution in [0.25, 0.3) is 0 Å². The van der Waals surface area contributed by atoms with Gasteiger partial charge in [-0.1, -0.05) is 60.7 Å². The van der Waals surface area contributed by atoms with Gasteiger partial charge in [-0.3, -0.25) is 9.10 Å². The lowest BCUT2D eigenvalue weighted by Gasteiger charge is -2.22. The summed E-state index contributed by atoms with van der Waals surface area (Å²) in [6.45, 7) is 0.566. The smallest absolute Gasteiger partial charge is 0.271 e. The van der Waals surface area contributed by atoms with E-state index >= 15 is 0 Å². The zero-order chi connectivity index (χ0) is 28.5. The van der Waals surface area contributed by atoms with Gasteiger partial charge in [-0.25, -0.2) is 13.8 Å². The molecule has 0 saturated carbocycles. The average Bonchev–Trinajstić information content (AvgIpc) is 2.95. The number of carbonyl (C=O) groups excluding carboxylic acids is 1. The highest BCUT2D eigenvalue weighted by Gasteiger charge is 2.18. The Morgan fingerprint density at radius 1 is 0.950 bits per heavy atom. The Labute approximate surface area is 242 Å². The SMILES string of the molecule is COc1cc(/C=N/NC(=O)c2ccc(N(Cc3ccccc3)S(C)(=O)=O)cc2)cc(Br)c1OCc1ccccc1. The topological polar surface area (TPSA) is 97.3 Å². The van der Waals surface area contributed by atoms with Crippen LogP contribution in [0.1, 0.15) is 27.0 Å². The number of benzene rings is 4. The summed E-state index contributed by atoms with van der Waals surface area (Å²) < 4.78 is 38.3.